The summed E-state index contributed by atoms with van der Waals surface area (Å²) in [5, 5.41) is 12.9. The van der Waals surface area contributed by atoms with Crippen molar-refractivity contribution in [2.24, 2.45) is 5.10 Å². The number of carboxylic acids is 1. The Kier molecular flexibility index (Phi) is 5.51. The predicted molar refractivity (Wildman–Crippen MR) is 101 cm³/mol. The minimum atomic E-state index is -3.87. The van der Waals surface area contributed by atoms with E-state index in [-0.39, 0.29) is 15.9 Å². The van der Waals surface area contributed by atoms with Gasteiger partial charge in [0.15, 0.2) is 0 Å². The van der Waals surface area contributed by atoms with Crippen LogP contribution < -0.4 is 4.83 Å². The van der Waals surface area contributed by atoms with Gasteiger partial charge in [-0.3, -0.25) is 0 Å². The van der Waals surface area contributed by atoms with Crippen LogP contribution in [0, 0.1) is 6.92 Å². The standard InChI is InChI=1S/C19H22N2O4S/c1-13-9-10-15(19(2,3)4)11-17(13)26(24,25)21-20-12-14-7-5-6-8-16(14)18(22)23/h5-12,21H,1-4H3,(H,22,23)/b20-12+. The molecule has 0 aliphatic rings. The number of carboxylic acid groups (broad SMARTS) is 1. The van der Waals surface area contributed by atoms with Crippen molar-refractivity contribution < 1.29 is 18.3 Å². The zero-order valence-electron chi connectivity index (χ0n) is 15.1. The van der Waals surface area contributed by atoms with Crippen LogP contribution in [0.2, 0.25) is 0 Å². The molecule has 2 rings (SSSR count). The maximum atomic E-state index is 12.6. The van der Waals surface area contributed by atoms with Gasteiger partial charge in [-0.05, 0) is 35.6 Å². The highest BCUT2D eigenvalue weighted by molar-refractivity contribution is 7.89. The Labute approximate surface area is 153 Å². The Balaban J connectivity index is 2.32. The first-order chi connectivity index (χ1) is 12.0. The number of carbonyl (C=O) groups is 1. The lowest BCUT2D eigenvalue weighted by Gasteiger charge is -2.20. The molecule has 6 nitrogen and oxygen atoms in total. The van der Waals surface area contributed by atoms with Crippen molar-refractivity contribution in [2.75, 3.05) is 0 Å². The summed E-state index contributed by atoms with van der Waals surface area (Å²) >= 11 is 0. The van der Waals surface area contributed by atoms with Gasteiger partial charge < -0.3 is 5.11 Å². The quantitative estimate of drug-likeness (QED) is 0.620. The van der Waals surface area contributed by atoms with E-state index >= 15 is 0 Å². The van der Waals surface area contributed by atoms with E-state index in [1.54, 1.807) is 37.3 Å². The number of rotatable bonds is 5. The average molecular weight is 374 g/mol. The summed E-state index contributed by atoms with van der Waals surface area (Å²) in [7, 11) is -3.87. The Morgan fingerprint density at radius 2 is 1.81 bits per heavy atom. The topological polar surface area (TPSA) is 95.8 Å². The fraction of sp³-hybridized carbons (Fsp3) is 0.263. The number of aromatic carboxylic acids is 1. The number of sulfonamides is 1. The van der Waals surface area contributed by atoms with Gasteiger partial charge in [0, 0.05) is 5.56 Å². The SMILES string of the molecule is Cc1ccc(C(C)(C)C)cc1S(=O)(=O)N/N=C/c1ccccc1C(=O)O. The molecule has 0 spiro atoms. The molecule has 0 bridgehead atoms. The zero-order chi connectivity index (χ0) is 19.5. The molecule has 2 N–H and O–H groups in total. The first-order valence-electron chi connectivity index (χ1n) is 8.01. The molecule has 0 aliphatic carbocycles. The van der Waals surface area contributed by atoms with Crippen LogP contribution in [-0.4, -0.2) is 25.7 Å². The Morgan fingerprint density at radius 1 is 1.15 bits per heavy atom. The highest BCUT2D eigenvalue weighted by atomic mass is 32.2. The van der Waals surface area contributed by atoms with Crippen LogP contribution in [0.3, 0.4) is 0 Å². The lowest BCUT2D eigenvalue weighted by atomic mass is 9.87. The van der Waals surface area contributed by atoms with Gasteiger partial charge in [-0.15, -0.1) is 0 Å². The summed E-state index contributed by atoms with van der Waals surface area (Å²) in [5.41, 5.74) is 1.65. The van der Waals surface area contributed by atoms with E-state index in [0.29, 0.717) is 11.1 Å². The Morgan fingerprint density at radius 3 is 2.42 bits per heavy atom. The third-order valence-electron chi connectivity index (χ3n) is 3.91. The molecular formula is C19H22N2O4S. The van der Waals surface area contributed by atoms with Gasteiger partial charge in [0.05, 0.1) is 16.7 Å². The highest BCUT2D eigenvalue weighted by Gasteiger charge is 2.21. The molecule has 0 heterocycles. The summed E-state index contributed by atoms with van der Waals surface area (Å²) in [5.74, 6) is -1.11. The highest BCUT2D eigenvalue weighted by Crippen LogP contribution is 2.26. The summed E-state index contributed by atoms with van der Waals surface area (Å²) in [4.78, 5) is 13.5. The molecule has 0 radical (unpaired) electrons. The van der Waals surface area contributed by atoms with Crippen LogP contribution in [0.1, 0.15) is 47.8 Å². The second kappa shape index (κ2) is 7.29. The number of benzene rings is 2. The number of aryl methyl sites for hydroxylation is 1. The largest absolute Gasteiger partial charge is 0.478 e. The lowest BCUT2D eigenvalue weighted by Crippen LogP contribution is -2.21. The van der Waals surface area contributed by atoms with Crippen molar-refractivity contribution in [3.05, 3.63) is 64.7 Å². The normalized spacial score (nSPS) is 12.3. The van der Waals surface area contributed by atoms with Crippen LogP contribution >= 0.6 is 0 Å². The van der Waals surface area contributed by atoms with E-state index in [9.17, 15) is 13.2 Å². The molecule has 0 fully saturated rings. The summed E-state index contributed by atoms with van der Waals surface area (Å²) < 4.78 is 25.2. The molecule has 0 saturated heterocycles. The molecule has 0 aromatic heterocycles. The summed E-state index contributed by atoms with van der Waals surface area (Å²) in [6.07, 6.45) is 1.18. The molecule has 2 aromatic carbocycles. The van der Waals surface area contributed by atoms with Gasteiger partial charge in [-0.2, -0.15) is 13.5 Å². The van der Waals surface area contributed by atoms with Gasteiger partial charge in [0.1, 0.15) is 0 Å². The van der Waals surface area contributed by atoms with Crippen LogP contribution in [0.4, 0.5) is 0 Å². The average Bonchev–Trinajstić information content (AvgIpc) is 2.54. The fourth-order valence-corrected chi connectivity index (χ4v) is 3.44. The number of nitrogens with zero attached hydrogens (tertiary/aromatic N) is 1. The minimum Gasteiger partial charge on any atom is -0.478 e. The molecule has 7 heteroatoms. The van der Waals surface area contributed by atoms with Crippen molar-refractivity contribution in [1.29, 1.82) is 0 Å². The van der Waals surface area contributed by atoms with Gasteiger partial charge in [0.25, 0.3) is 10.0 Å². The molecule has 0 amide bonds. The molecule has 0 atom stereocenters. The molecule has 0 saturated carbocycles. The second-order valence-electron chi connectivity index (χ2n) is 6.98. The molecule has 138 valence electrons. The molecule has 0 unspecified atom stereocenters. The number of hydrogen-bond acceptors (Lipinski definition) is 4. The van der Waals surface area contributed by atoms with Crippen LogP contribution in [0.25, 0.3) is 0 Å². The van der Waals surface area contributed by atoms with Gasteiger partial charge >= 0.3 is 5.97 Å². The first-order valence-corrected chi connectivity index (χ1v) is 9.49. The van der Waals surface area contributed by atoms with Gasteiger partial charge in [-0.1, -0.05) is 51.1 Å². The van der Waals surface area contributed by atoms with Gasteiger partial charge in [-0.25, -0.2) is 9.63 Å². The molecular weight excluding hydrogens is 352 g/mol. The van der Waals surface area contributed by atoms with E-state index < -0.39 is 16.0 Å². The van der Waals surface area contributed by atoms with E-state index in [0.717, 1.165) is 5.56 Å². The van der Waals surface area contributed by atoms with Crippen LogP contribution in [-0.2, 0) is 15.4 Å². The Hall–Kier alpha value is -2.67. The summed E-state index contributed by atoms with van der Waals surface area (Å²) in [6, 6.07) is 11.5. The third kappa shape index (κ3) is 4.49. The number of hydrazone groups is 1. The number of hydrogen-bond donors (Lipinski definition) is 2. The first kappa shape index (κ1) is 19.7. The zero-order valence-corrected chi connectivity index (χ0v) is 16.0. The van der Waals surface area contributed by atoms with E-state index in [1.807, 2.05) is 26.8 Å². The Bertz CT molecular complexity index is 958. The van der Waals surface area contributed by atoms with Crippen molar-refractivity contribution in [2.45, 2.75) is 38.0 Å². The van der Waals surface area contributed by atoms with Crippen molar-refractivity contribution >= 4 is 22.2 Å². The third-order valence-corrected chi connectivity index (χ3v) is 5.28. The number of nitrogens with one attached hydrogen (secondary N) is 1. The predicted octanol–water partition coefficient (Wildman–Crippen LogP) is 3.30. The van der Waals surface area contributed by atoms with Gasteiger partial charge in [0.2, 0.25) is 0 Å². The maximum absolute atomic E-state index is 12.6. The minimum absolute atomic E-state index is 0.0429. The smallest absolute Gasteiger partial charge is 0.336 e. The molecule has 2 aromatic rings. The van der Waals surface area contributed by atoms with Crippen LogP contribution in [0.5, 0.6) is 0 Å². The van der Waals surface area contributed by atoms with Crippen molar-refractivity contribution in [1.82, 2.24) is 4.83 Å². The van der Waals surface area contributed by atoms with Crippen LogP contribution in [0.15, 0.2) is 52.5 Å². The van der Waals surface area contributed by atoms with E-state index in [4.69, 9.17) is 5.11 Å². The fourth-order valence-electron chi connectivity index (χ4n) is 2.37. The second-order valence-corrected chi connectivity index (χ2v) is 8.60. The molecule has 26 heavy (non-hydrogen) atoms. The molecule has 0 aliphatic heterocycles. The maximum Gasteiger partial charge on any atom is 0.336 e. The monoisotopic (exact) mass is 374 g/mol. The summed E-state index contributed by atoms with van der Waals surface area (Å²) in [6.45, 7) is 7.72. The van der Waals surface area contributed by atoms with Crippen molar-refractivity contribution in [3.8, 4) is 0 Å². The lowest BCUT2D eigenvalue weighted by molar-refractivity contribution is 0.0696. The van der Waals surface area contributed by atoms with E-state index in [1.165, 1.54) is 12.3 Å². The van der Waals surface area contributed by atoms with Crippen molar-refractivity contribution in [3.63, 3.8) is 0 Å². The van der Waals surface area contributed by atoms with E-state index in [2.05, 4.69) is 9.93 Å².